The van der Waals surface area contributed by atoms with E-state index in [0.717, 1.165) is 23.8 Å². The van der Waals surface area contributed by atoms with Crippen molar-refractivity contribution < 1.29 is 5.11 Å². The van der Waals surface area contributed by atoms with Crippen molar-refractivity contribution >= 4 is 0 Å². The lowest BCUT2D eigenvalue weighted by atomic mass is 9.74. The molecule has 18 heavy (non-hydrogen) atoms. The zero-order valence-corrected chi connectivity index (χ0v) is 11.8. The first-order valence-corrected chi connectivity index (χ1v) is 7.22. The van der Waals surface area contributed by atoms with E-state index in [0.29, 0.717) is 5.92 Å². The molecule has 1 aromatic rings. The van der Waals surface area contributed by atoms with Gasteiger partial charge in [0.15, 0.2) is 0 Å². The second-order valence-electron chi connectivity index (χ2n) is 6.21. The quantitative estimate of drug-likeness (QED) is 0.892. The third-order valence-corrected chi connectivity index (χ3v) is 4.51. The summed E-state index contributed by atoms with van der Waals surface area (Å²) in [5.41, 5.74) is 1.15. The summed E-state index contributed by atoms with van der Waals surface area (Å²) in [4.78, 5) is 0. The molecular formula is C15H26N2O. The molecule has 0 aromatic carbocycles. The lowest BCUT2D eigenvalue weighted by Crippen LogP contribution is -2.28. The molecular weight excluding hydrogens is 224 g/mol. The fraction of sp³-hybridized carbons (Fsp3) is 0.800. The second kappa shape index (κ2) is 5.87. The Hall–Kier alpha value is -0.830. The second-order valence-corrected chi connectivity index (χ2v) is 6.21. The van der Waals surface area contributed by atoms with Crippen molar-refractivity contribution in [2.24, 2.45) is 24.8 Å². The largest absolute Gasteiger partial charge is 0.392 e. The van der Waals surface area contributed by atoms with E-state index in [1.54, 1.807) is 4.68 Å². The highest BCUT2D eigenvalue weighted by molar-refractivity contribution is 5.05. The van der Waals surface area contributed by atoms with Gasteiger partial charge in [0, 0.05) is 19.7 Å². The number of aliphatic hydroxyl groups excluding tert-OH is 1. The van der Waals surface area contributed by atoms with E-state index in [1.807, 2.05) is 19.4 Å². The summed E-state index contributed by atoms with van der Waals surface area (Å²) in [7, 11) is 1.92. The highest BCUT2D eigenvalue weighted by atomic mass is 16.3. The fourth-order valence-electron chi connectivity index (χ4n) is 3.18. The van der Waals surface area contributed by atoms with Crippen molar-refractivity contribution in [3.05, 3.63) is 18.0 Å². The number of nitrogens with zero attached hydrogens (tertiary/aromatic N) is 2. The van der Waals surface area contributed by atoms with Crippen LogP contribution in [-0.2, 0) is 13.5 Å². The topological polar surface area (TPSA) is 38.1 Å². The van der Waals surface area contributed by atoms with Gasteiger partial charge in [-0.05, 0) is 49.0 Å². The van der Waals surface area contributed by atoms with Gasteiger partial charge in [-0.15, -0.1) is 0 Å². The molecule has 0 saturated heterocycles. The van der Waals surface area contributed by atoms with Gasteiger partial charge in [0.25, 0.3) is 0 Å². The third-order valence-electron chi connectivity index (χ3n) is 4.51. The Morgan fingerprint density at radius 3 is 2.39 bits per heavy atom. The smallest absolute Gasteiger partial charge is 0.0609 e. The molecule has 0 amide bonds. The lowest BCUT2D eigenvalue weighted by molar-refractivity contribution is 0.0675. The number of aromatic nitrogens is 2. The standard InChI is InChI=1S/C15H26N2O/c1-11(2)13-4-6-14(7-5-13)15(18)8-12-9-16-17(3)10-12/h9-11,13-15,18H,4-8H2,1-3H3. The maximum Gasteiger partial charge on any atom is 0.0609 e. The summed E-state index contributed by atoms with van der Waals surface area (Å²) in [5, 5.41) is 14.5. The molecule has 1 heterocycles. The predicted octanol–water partition coefficient (Wildman–Crippen LogP) is 2.79. The highest BCUT2D eigenvalue weighted by Crippen LogP contribution is 2.35. The Labute approximate surface area is 110 Å². The van der Waals surface area contributed by atoms with Gasteiger partial charge in [-0.1, -0.05) is 13.8 Å². The molecule has 2 rings (SSSR count). The van der Waals surface area contributed by atoms with E-state index >= 15 is 0 Å². The minimum absolute atomic E-state index is 0.192. The molecule has 0 bridgehead atoms. The van der Waals surface area contributed by atoms with Gasteiger partial charge in [0.1, 0.15) is 0 Å². The maximum atomic E-state index is 10.3. The Balaban J connectivity index is 1.82. The summed E-state index contributed by atoms with van der Waals surface area (Å²) < 4.78 is 1.80. The molecule has 1 atom stereocenters. The van der Waals surface area contributed by atoms with Crippen molar-refractivity contribution in [3.8, 4) is 0 Å². The number of aliphatic hydroxyl groups is 1. The zero-order chi connectivity index (χ0) is 13.1. The first-order chi connectivity index (χ1) is 8.56. The molecule has 1 fully saturated rings. The van der Waals surface area contributed by atoms with Crippen LogP contribution in [-0.4, -0.2) is 21.0 Å². The summed E-state index contributed by atoms with van der Waals surface area (Å²) in [6, 6.07) is 0. The predicted molar refractivity (Wildman–Crippen MR) is 73.2 cm³/mol. The molecule has 3 heteroatoms. The van der Waals surface area contributed by atoms with Crippen LogP contribution in [0.25, 0.3) is 0 Å². The van der Waals surface area contributed by atoms with E-state index in [1.165, 1.54) is 25.7 Å². The van der Waals surface area contributed by atoms with Gasteiger partial charge in [-0.25, -0.2) is 0 Å². The van der Waals surface area contributed by atoms with Gasteiger partial charge in [-0.3, -0.25) is 4.68 Å². The minimum atomic E-state index is -0.192. The normalized spacial score (nSPS) is 26.5. The molecule has 1 saturated carbocycles. The Morgan fingerprint density at radius 2 is 1.89 bits per heavy atom. The number of hydrogen-bond acceptors (Lipinski definition) is 2. The number of rotatable bonds is 4. The van der Waals surface area contributed by atoms with Crippen LogP contribution in [0.1, 0.15) is 45.1 Å². The molecule has 1 N–H and O–H groups in total. The van der Waals surface area contributed by atoms with Crippen LogP contribution >= 0.6 is 0 Å². The summed E-state index contributed by atoms with van der Waals surface area (Å²) >= 11 is 0. The molecule has 1 aliphatic rings. The first kappa shape index (κ1) is 13.6. The Bertz CT molecular complexity index is 364. The van der Waals surface area contributed by atoms with Crippen LogP contribution in [0.3, 0.4) is 0 Å². The first-order valence-electron chi connectivity index (χ1n) is 7.22. The van der Waals surface area contributed by atoms with Crippen LogP contribution in [0.2, 0.25) is 0 Å². The van der Waals surface area contributed by atoms with E-state index in [2.05, 4.69) is 18.9 Å². The van der Waals surface area contributed by atoms with Crippen molar-refractivity contribution in [2.45, 2.75) is 52.1 Å². The average molecular weight is 250 g/mol. The van der Waals surface area contributed by atoms with Crippen molar-refractivity contribution in [3.63, 3.8) is 0 Å². The minimum Gasteiger partial charge on any atom is -0.392 e. The summed E-state index contributed by atoms with van der Waals surface area (Å²) in [6.45, 7) is 4.63. The van der Waals surface area contributed by atoms with Crippen molar-refractivity contribution in [1.82, 2.24) is 9.78 Å². The van der Waals surface area contributed by atoms with Crippen molar-refractivity contribution in [2.75, 3.05) is 0 Å². The van der Waals surface area contributed by atoms with E-state index < -0.39 is 0 Å². The molecule has 0 aliphatic heterocycles. The zero-order valence-electron chi connectivity index (χ0n) is 11.8. The van der Waals surface area contributed by atoms with Crippen molar-refractivity contribution in [1.29, 1.82) is 0 Å². The fourth-order valence-corrected chi connectivity index (χ4v) is 3.18. The van der Waals surface area contributed by atoms with Gasteiger partial charge < -0.3 is 5.11 Å². The van der Waals surface area contributed by atoms with Crippen LogP contribution in [0.5, 0.6) is 0 Å². The average Bonchev–Trinajstić information content (AvgIpc) is 2.75. The van der Waals surface area contributed by atoms with Gasteiger partial charge >= 0.3 is 0 Å². The molecule has 3 nitrogen and oxygen atoms in total. The maximum absolute atomic E-state index is 10.3. The molecule has 1 unspecified atom stereocenters. The van der Waals surface area contributed by atoms with Crippen LogP contribution in [0, 0.1) is 17.8 Å². The highest BCUT2D eigenvalue weighted by Gasteiger charge is 2.27. The van der Waals surface area contributed by atoms with Gasteiger partial charge in [-0.2, -0.15) is 5.10 Å². The van der Waals surface area contributed by atoms with Crippen LogP contribution < -0.4 is 0 Å². The number of aryl methyl sites for hydroxylation is 1. The third kappa shape index (κ3) is 3.35. The van der Waals surface area contributed by atoms with E-state index in [9.17, 15) is 5.11 Å². The molecule has 0 radical (unpaired) electrons. The summed E-state index contributed by atoms with van der Waals surface area (Å²) in [5.74, 6) is 2.15. The molecule has 0 spiro atoms. The molecule has 102 valence electrons. The van der Waals surface area contributed by atoms with E-state index in [-0.39, 0.29) is 6.10 Å². The monoisotopic (exact) mass is 250 g/mol. The van der Waals surface area contributed by atoms with Gasteiger partial charge in [0.2, 0.25) is 0 Å². The Morgan fingerprint density at radius 1 is 1.28 bits per heavy atom. The van der Waals surface area contributed by atoms with Crippen LogP contribution in [0.4, 0.5) is 0 Å². The van der Waals surface area contributed by atoms with E-state index in [4.69, 9.17) is 0 Å². The SMILES string of the molecule is CC(C)C1CCC(C(O)Cc2cnn(C)c2)CC1. The molecule has 1 aromatic heterocycles. The van der Waals surface area contributed by atoms with Crippen LogP contribution in [0.15, 0.2) is 12.4 Å². The summed E-state index contributed by atoms with van der Waals surface area (Å²) in [6.07, 6.45) is 9.37. The Kier molecular flexibility index (Phi) is 4.44. The number of hydrogen-bond donors (Lipinski definition) is 1. The lowest BCUT2D eigenvalue weighted by Gasteiger charge is -2.33. The molecule has 1 aliphatic carbocycles. The van der Waals surface area contributed by atoms with Gasteiger partial charge in [0.05, 0.1) is 12.3 Å².